The minimum atomic E-state index is -0.657. The third-order valence-electron chi connectivity index (χ3n) is 2.83. The van der Waals surface area contributed by atoms with Crippen LogP contribution in [0.25, 0.3) is 0 Å². The standard InChI is InChI=1S/C11H24N2O3/c1-13(2)8-10(14)7-12-9-11(15)3-5-16-6-4-11/h10,12,14-15H,3-9H2,1-2H3. The maximum Gasteiger partial charge on any atom is 0.0815 e. The lowest BCUT2D eigenvalue weighted by molar-refractivity contribution is -0.0624. The quantitative estimate of drug-likeness (QED) is 0.550. The number of hydrogen-bond acceptors (Lipinski definition) is 5. The van der Waals surface area contributed by atoms with Gasteiger partial charge >= 0.3 is 0 Å². The van der Waals surface area contributed by atoms with E-state index in [9.17, 15) is 10.2 Å². The largest absolute Gasteiger partial charge is 0.390 e. The summed E-state index contributed by atoms with van der Waals surface area (Å²) >= 11 is 0. The van der Waals surface area contributed by atoms with Gasteiger partial charge in [0.25, 0.3) is 0 Å². The molecule has 16 heavy (non-hydrogen) atoms. The van der Waals surface area contributed by atoms with Crippen LogP contribution in [0.4, 0.5) is 0 Å². The second-order valence-electron chi connectivity index (χ2n) is 4.88. The fraction of sp³-hybridized carbons (Fsp3) is 1.00. The van der Waals surface area contributed by atoms with Gasteiger partial charge in [0.1, 0.15) is 0 Å². The maximum absolute atomic E-state index is 10.1. The molecule has 96 valence electrons. The van der Waals surface area contributed by atoms with Gasteiger partial charge in [-0.1, -0.05) is 0 Å². The molecule has 0 bridgehead atoms. The number of hydrogen-bond donors (Lipinski definition) is 3. The lowest BCUT2D eigenvalue weighted by Gasteiger charge is -2.32. The number of aliphatic hydroxyl groups is 2. The van der Waals surface area contributed by atoms with Crippen LogP contribution < -0.4 is 5.32 Å². The van der Waals surface area contributed by atoms with Crippen LogP contribution in [0.2, 0.25) is 0 Å². The van der Waals surface area contributed by atoms with Gasteiger partial charge in [-0.2, -0.15) is 0 Å². The summed E-state index contributed by atoms with van der Waals surface area (Å²) in [6.45, 7) is 2.92. The summed E-state index contributed by atoms with van der Waals surface area (Å²) in [4.78, 5) is 1.94. The number of rotatable bonds is 6. The summed E-state index contributed by atoms with van der Waals surface area (Å²) in [5, 5.41) is 22.9. The molecule has 1 fully saturated rings. The zero-order valence-electron chi connectivity index (χ0n) is 10.3. The molecule has 0 spiro atoms. The van der Waals surface area contributed by atoms with E-state index in [1.807, 2.05) is 19.0 Å². The van der Waals surface area contributed by atoms with Gasteiger partial charge in [0.15, 0.2) is 0 Å². The van der Waals surface area contributed by atoms with Crippen molar-refractivity contribution in [1.82, 2.24) is 10.2 Å². The Hall–Kier alpha value is -0.200. The number of aliphatic hydroxyl groups excluding tert-OH is 1. The first-order chi connectivity index (χ1) is 7.52. The Bertz CT molecular complexity index is 194. The molecule has 0 radical (unpaired) electrons. The molecule has 0 aromatic heterocycles. The minimum Gasteiger partial charge on any atom is -0.390 e. The first-order valence-electron chi connectivity index (χ1n) is 5.85. The number of nitrogens with one attached hydrogen (secondary N) is 1. The van der Waals surface area contributed by atoms with Crippen molar-refractivity contribution in [3.8, 4) is 0 Å². The highest BCUT2D eigenvalue weighted by atomic mass is 16.5. The van der Waals surface area contributed by atoms with Crippen LogP contribution in [0.3, 0.4) is 0 Å². The van der Waals surface area contributed by atoms with Gasteiger partial charge in [0.05, 0.1) is 11.7 Å². The van der Waals surface area contributed by atoms with E-state index < -0.39 is 11.7 Å². The highest BCUT2D eigenvalue weighted by Gasteiger charge is 2.29. The lowest BCUT2D eigenvalue weighted by Crippen LogP contribution is -2.47. The molecular weight excluding hydrogens is 208 g/mol. The Morgan fingerprint density at radius 2 is 2.00 bits per heavy atom. The van der Waals surface area contributed by atoms with E-state index in [0.717, 1.165) is 0 Å². The van der Waals surface area contributed by atoms with E-state index in [1.165, 1.54) is 0 Å². The van der Waals surface area contributed by atoms with Crippen LogP contribution in [-0.4, -0.2) is 73.8 Å². The highest BCUT2D eigenvalue weighted by Crippen LogP contribution is 2.18. The summed E-state index contributed by atoms with van der Waals surface area (Å²) < 4.78 is 5.20. The van der Waals surface area contributed by atoms with E-state index in [0.29, 0.717) is 45.7 Å². The van der Waals surface area contributed by atoms with Gasteiger partial charge < -0.3 is 25.2 Å². The van der Waals surface area contributed by atoms with Crippen molar-refractivity contribution < 1.29 is 14.9 Å². The lowest BCUT2D eigenvalue weighted by atomic mass is 9.94. The Labute approximate surface area is 97.4 Å². The molecule has 1 saturated heterocycles. The molecule has 0 saturated carbocycles. The van der Waals surface area contributed by atoms with Crippen LogP contribution in [0, 0.1) is 0 Å². The summed E-state index contributed by atoms with van der Waals surface area (Å²) in [6.07, 6.45) is 0.950. The van der Waals surface area contributed by atoms with E-state index >= 15 is 0 Å². The number of ether oxygens (including phenoxy) is 1. The van der Waals surface area contributed by atoms with E-state index in [-0.39, 0.29) is 0 Å². The van der Waals surface area contributed by atoms with Crippen molar-refractivity contribution in [2.45, 2.75) is 24.5 Å². The van der Waals surface area contributed by atoms with Crippen LogP contribution in [0.15, 0.2) is 0 Å². The summed E-state index contributed by atoms with van der Waals surface area (Å²) in [5.41, 5.74) is -0.657. The van der Waals surface area contributed by atoms with Crippen LogP contribution in [0.1, 0.15) is 12.8 Å². The fourth-order valence-electron chi connectivity index (χ4n) is 1.89. The molecule has 3 N–H and O–H groups in total. The maximum atomic E-state index is 10.1. The molecule has 1 unspecified atom stereocenters. The predicted molar refractivity (Wildman–Crippen MR) is 62.4 cm³/mol. The molecule has 1 aliphatic heterocycles. The van der Waals surface area contributed by atoms with Gasteiger partial charge in [0, 0.05) is 45.7 Å². The van der Waals surface area contributed by atoms with E-state index in [2.05, 4.69) is 5.32 Å². The average Bonchev–Trinajstić information content (AvgIpc) is 2.17. The molecule has 1 heterocycles. The molecular formula is C11H24N2O3. The normalized spacial score (nSPS) is 22.3. The van der Waals surface area contributed by atoms with Crippen molar-refractivity contribution in [3.63, 3.8) is 0 Å². The molecule has 0 aliphatic carbocycles. The van der Waals surface area contributed by atoms with E-state index in [1.54, 1.807) is 0 Å². The molecule has 5 heteroatoms. The molecule has 1 aliphatic rings. The van der Waals surface area contributed by atoms with Crippen molar-refractivity contribution in [2.75, 3.05) is 46.9 Å². The van der Waals surface area contributed by atoms with Gasteiger partial charge in [-0.05, 0) is 14.1 Å². The van der Waals surface area contributed by atoms with Crippen molar-refractivity contribution >= 4 is 0 Å². The monoisotopic (exact) mass is 232 g/mol. The third-order valence-corrected chi connectivity index (χ3v) is 2.83. The molecule has 1 rings (SSSR count). The second-order valence-corrected chi connectivity index (χ2v) is 4.88. The minimum absolute atomic E-state index is 0.390. The molecule has 5 nitrogen and oxygen atoms in total. The first-order valence-corrected chi connectivity index (χ1v) is 5.85. The van der Waals surface area contributed by atoms with Gasteiger partial charge in [-0.3, -0.25) is 0 Å². The fourth-order valence-corrected chi connectivity index (χ4v) is 1.89. The van der Waals surface area contributed by atoms with Gasteiger partial charge in [0.2, 0.25) is 0 Å². The topological polar surface area (TPSA) is 65.0 Å². The molecule has 0 amide bonds. The Kier molecular flexibility index (Phi) is 5.64. The van der Waals surface area contributed by atoms with Crippen molar-refractivity contribution in [2.24, 2.45) is 0 Å². The van der Waals surface area contributed by atoms with Crippen molar-refractivity contribution in [1.29, 1.82) is 0 Å². The Balaban J connectivity index is 2.13. The molecule has 1 atom stereocenters. The summed E-state index contributed by atoms with van der Waals surface area (Å²) in [7, 11) is 3.85. The third kappa shape index (κ3) is 5.23. The first kappa shape index (κ1) is 13.9. The Morgan fingerprint density at radius 3 is 2.56 bits per heavy atom. The van der Waals surface area contributed by atoms with Crippen LogP contribution in [-0.2, 0) is 4.74 Å². The molecule has 0 aromatic carbocycles. The number of likely N-dealkylation sites (N-methyl/N-ethyl adjacent to an activating group) is 1. The van der Waals surface area contributed by atoms with Crippen molar-refractivity contribution in [3.05, 3.63) is 0 Å². The second kappa shape index (κ2) is 6.51. The van der Waals surface area contributed by atoms with Crippen LogP contribution >= 0.6 is 0 Å². The SMILES string of the molecule is CN(C)CC(O)CNCC1(O)CCOCC1. The highest BCUT2D eigenvalue weighted by molar-refractivity contribution is 4.83. The summed E-state index contributed by atoms with van der Waals surface area (Å²) in [6, 6.07) is 0. The average molecular weight is 232 g/mol. The Morgan fingerprint density at radius 1 is 1.38 bits per heavy atom. The van der Waals surface area contributed by atoms with Crippen LogP contribution in [0.5, 0.6) is 0 Å². The van der Waals surface area contributed by atoms with Gasteiger partial charge in [-0.25, -0.2) is 0 Å². The zero-order valence-corrected chi connectivity index (χ0v) is 10.3. The zero-order chi connectivity index (χ0) is 12.0. The molecule has 0 aromatic rings. The predicted octanol–water partition coefficient (Wildman–Crippen LogP) is -0.960. The summed E-state index contributed by atoms with van der Waals surface area (Å²) in [5.74, 6) is 0. The van der Waals surface area contributed by atoms with E-state index in [4.69, 9.17) is 4.74 Å². The smallest absolute Gasteiger partial charge is 0.0815 e. The van der Waals surface area contributed by atoms with Gasteiger partial charge in [-0.15, -0.1) is 0 Å². The number of nitrogens with zero attached hydrogens (tertiary/aromatic N) is 1.